The molecule has 3 aliphatic heterocycles. The Kier molecular flexibility index (Phi) is 4.45. The fourth-order valence-corrected chi connectivity index (χ4v) is 3.37. The minimum atomic E-state index is -2.58. The number of hydrogen-bond acceptors (Lipinski definition) is 9. The molecule has 150 valence electrons. The molecule has 11 heteroatoms. The van der Waals surface area contributed by atoms with E-state index in [0.29, 0.717) is 4.90 Å². The lowest BCUT2D eigenvalue weighted by atomic mass is 9.99. The minimum absolute atomic E-state index is 0.178. The fourth-order valence-electron chi connectivity index (χ4n) is 3.37. The number of aliphatic hydroxyl groups is 3. The number of benzene rings is 1. The summed E-state index contributed by atoms with van der Waals surface area (Å²) in [6.07, 6.45) is -7.13. The Morgan fingerprint density at radius 3 is 2.43 bits per heavy atom. The van der Waals surface area contributed by atoms with Crippen molar-refractivity contribution < 1.29 is 43.9 Å². The number of carbonyl (C=O) groups is 3. The second-order valence-corrected chi connectivity index (χ2v) is 6.76. The van der Waals surface area contributed by atoms with Crippen molar-refractivity contribution in [3.8, 4) is 0 Å². The molecule has 1 unspecified atom stereocenters. The van der Waals surface area contributed by atoms with E-state index in [9.17, 15) is 29.7 Å². The van der Waals surface area contributed by atoms with E-state index in [1.807, 2.05) is 12.2 Å². The molecule has 0 aromatic heterocycles. The number of imide groups is 2. The van der Waals surface area contributed by atoms with Crippen LogP contribution in [0.5, 0.6) is 0 Å². The van der Waals surface area contributed by atoms with Crippen LogP contribution >= 0.6 is 0 Å². The highest BCUT2D eigenvalue weighted by atomic mass is 16.8. The number of urea groups is 1. The lowest BCUT2D eigenvalue weighted by molar-refractivity contribution is -0.256. The van der Waals surface area contributed by atoms with Gasteiger partial charge in [-0.2, -0.15) is 0 Å². The summed E-state index contributed by atoms with van der Waals surface area (Å²) in [6, 6.07) is 5.38. The zero-order valence-corrected chi connectivity index (χ0v) is 14.6. The molecule has 28 heavy (non-hydrogen) atoms. The molecule has 1 aromatic carbocycles. The van der Waals surface area contributed by atoms with E-state index in [1.54, 1.807) is 12.1 Å². The van der Waals surface area contributed by atoms with E-state index in [-0.39, 0.29) is 5.69 Å². The first kappa shape index (κ1) is 18.9. The molecule has 6 atom stereocenters. The van der Waals surface area contributed by atoms with Gasteiger partial charge in [-0.15, -0.1) is 0 Å². The topological polar surface area (TPSA) is 155 Å². The Bertz CT molecular complexity index is 828. The quantitative estimate of drug-likeness (QED) is 0.422. The summed E-state index contributed by atoms with van der Waals surface area (Å²) in [5.41, 5.74) is 1.07. The number of amides is 4. The molecule has 0 aliphatic carbocycles. The first-order valence-corrected chi connectivity index (χ1v) is 8.53. The molecule has 1 aromatic rings. The summed E-state index contributed by atoms with van der Waals surface area (Å²) >= 11 is 0. The van der Waals surface area contributed by atoms with Crippen molar-refractivity contribution in [2.75, 3.05) is 11.5 Å². The monoisotopic (exact) mass is 394 g/mol. The minimum Gasteiger partial charge on any atom is -0.394 e. The Morgan fingerprint density at radius 2 is 1.79 bits per heavy atom. The van der Waals surface area contributed by atoms with Gasteiger partial charge in [-0.05, 0) is 19.1 Å². The molecule has 0 radical (unpaired) electrons. The first-order valence-electron chi connectivity index (χ1n) is 8.53. The van der Waals surface area contributed by atoms with Crippen LogP contribution in [0, 0.1) is 6.92 Å². The number of nitrogens with one attached hydrogen (secondary N) is 1. The third-order valence-electron chi connectivity index (χ3n) is 4.91. The van der Waals surface area contributed by atoms with Gasteiger partial charge in [0.25, 0.3) is 5.91 Å². The maximum atomic E-state index is 13.1. The highest BCUT2D eigenvalue weighted by Gasteiger charge is 2.67. The Morgan fingerprint density at radius 1 is 1.11 bits per heavy atom. The molecular weight excluding hydrogens is 376 g/mol. The molecule has 1 spiro atoms. The van der Waals surface area contributed by atoms with Crippen LogP contribution in [0.2, 0.25) is 0 Å². The number of fused-ring (bicyclic) bond motifs is 1. The van der Waals surface area contributed by atoms with Crippen molar-refractivity contribution in [1.82, 2.24) is 5.32 Å². The second-order valence-electron chi connectivity index (χ2n) is 6.76. The van der Waals surface area contributed by atoms with Crippen LogP contribution in [0.25, 0.3) is 0 Å². The molecule has 4 N–H and O–H groups in total. The van der Waals surface area contributed by atoms with Crippen molar-refractivity contribution in [3.63, 3.8) is 0 Å². The van der Waals surface area contributed by atoms with Crippen molar-refractivity contribution in [1.29, 1.82) is 0 Å². The number of carbonyl (C=O) groups excluding carboxylic acids is 3. The van der Waals surface area contributed by atoms with Gasteiger partial charge in [0.15, 0.2) is 6.29 Å². The van der Waals surface area contributed by atoms with Crippen LogP contribution in [-0.2, 0) is 23.8 Å². The molecule has 11 nitrogen and oxygen atoms in total. The van der Waals surface area contributed by atoms with Gasteiger partial charge in [0.05, 0.1) is 12.3 Å². The zero-order chi connectivity index (χ0) is 20.2. The van der Waals surface area contributed by atoms with Crippen LogP contribution in [0.1, 0.15) is 5.56 Å². The van der Waals surface area contributed by atoms with Crippen molar-refractivity contribution in [2.24, 2.45) is 0 Å². The van der Waals surface area contributed by atoms with Gasteiger partial charge in [-0.1, -0.05) is 17.7 Å². The van der Waals surface area contributed by atoms with Crippen LogP contribution in [0.4, 0.5) is 10.5 Å². The van der Waals surface area contributed by atoms with Crippen molar-refractivity contribution >= 4 is 23.5 Å². The molecule has 4 amide bonds. The van der Waals surface area contributed by atoms with Crippen molar-refractivity contribution in [2.45, 2.75) is 43.4 Å². The average Bonchev–Trinajstić information content (AvgIpc) is 3.06. The summed E-state index contributed by atoms with van der Waals surface area (Å²) < 4.78 is 16.1. The molecule has 3 aliphatic rings. The molecular formula is C17H18N2O9. The van der Waals surface area contributed by atoms with E-state index in [1.165, 1.54) is 12.1 Å². The number of ether oxygens (including phenoxy) is 3. The number of anilines is 1. The van der Waals surface area contributed by atoms with Gasteiger partial charge >= 0.3 is 17.7 Å². The predicted molar refractivity (Wildman–Crippen MR) is 88.7 cm³/mol. The Hall–Kier alpha value is -2.41. The predicted octanol–water partition coefficient (Wildman–Crippen LogP) is -1.87. The van der Waals surface area contributed by atoms with Gasteiger partial charge in [-0.3, -0.25) is 14.9 Å². The normalized spacial score (nSPS) is 37.9. The summed E-state index contributed by atoms with van der Waals surface area (Å²) in [6.45, 7) is 1.19. The summed E-state index contributed by atoms with van der Waals surface area (Å²) in [4.78, 5) is 38.5. The van der Waals surface area contributed by atoms with Gasteiger partial charge in [0, 0.05) is 0 Å². The van der Waals surface area contributed by atoms with E-state index >= 15 is 0 Å². The molecule has 3 saturated heterocycles. The maximum absolute atomic E-state index is 13.1. The summed E-state index contributed by atoms with van der Waals surface area (Å²) in [7, 11) is 0. The molecule has 4 rings (SSSR count). The van der Waals surface area contributed by atoms with Crippen LogP contribution in [0.15, 0.2) is 24.3 Å². The van der Waals surface area contributed by atoms with E-state index in [4.69, 9.17) is 14.2 Å². The molecule has 0 bridgehead atoms. The number of hydrogen-bond donors (Lipinski definition) is 4. The number of nitrogens with zero attached hydrogens (tertiary/aromatic N) is 1. The second kappa shape index (κ2) is 6.58. The number of rotatable bonds is 2. The Balaban J connectivity index is 1.69. The van der Waals surface area contributed by atoms with Crippen LogP contribution < -0.4 is 10.2 Å². The lowest BCUT2D eigenvalue weighted by Crippen LogP contribution is -2.69. The zero-order valence-electron chi connectivity index (χ0n) is 14.6. The fraction of sp³-hybridized carbons (Fsp3) is 0.471. The van der Waals surface area contributed by atoms with Crippen LogP contribution in [-0.4, -0.2) is 76.3 Å². The van der Waals surface area contributed by atoms with E-state index in [2.05, 4.69) is 0 Å². The van der Waals surface area contributed by atoms with E-state index in [0.717, 1.165) is 5.56 Å². The molecule has 3 heterocycles. The highest BCUT2D eigenvalue weighted by Crippen LogP contribution is 2.40. The first-order chi connectivity index (χ1) is 13.3. The average molecular weight is 394 g/mol. The van der Waals surface area contributed by atoms with Crippen molar-refractivity contribution in [3.05, 3.63) is 29.8 Å². The molecule has 3 fully saturated rings. The molecule has 0 saturated carbocycles. The van der Waals surface area contributed by atoms with E-state index < -0.39 is 60.9 Å². The number of barbiturate groups is 1. The maximum Gasteiger partial charge on any atom is 0.336 e. The van der Waals surface area contributed by atoms with Gasteiger partial charge in [0.2, 0.25) is 0 Å². The van der Waals surface area contributed by atoms with Gasteiger partial charge in [-0.25, -0.2) is 9.69 Å². The summed E-state index contributed by atoms with van der Waals surface area (Å²) in [5, 5.41) is 31.5. The third kappa shape index (κ3) is 2.64. The number of aryl methyl sites for hydroxylation is 1. The standard InChI is InChI=1S/C17H18N2O9/c1-7-2-4-8(5-3-7)19-15(24)17(14(23)18-16(19)25)27-12-11(22)10(21)9(6-20)26-13(12)28-17/h2-5,9-13,20-22H,6H2,1H3,(H,18,23,25)/t9-,10+,11+,12-,13-,17?/m1/s1. The Labute approximate surface area is 158 Å². The summed E-state index contributed by atoms with van der Waals surface area (Å²) in [5.74, 6) is -4.88. The number of aliphatic hydroxyl groups excluding tert-OH is 3. The van der Waals surface area contributed by atoms with Crippen LogP contribution in [0.3, 0.4) is 0 Å². The SMILES string of the molecule is Cc1ccc(N2C(=O)NC(=O)C3(O[C@H]4O[C@H](CO)[C@H](O)[C@H](O)[C@H]4O3)C2=O)cc1. The highest BCUT2D eigenvalue weighted by molar-refractivity contribution is 6.31. The largest absolute Gasteiger partial charge is 0.394 e. The smallest absolute Gasteiger partial charge is 0.336 e. The lowest BCUT2D eigenvalue weighted by Gasteiger charge is -2.36. The van der Waals surface area contributed by atoms with Gasteiger partial charge in [0.1, 0.15) is 24.4 Å². The van der Waals surface area contributed by atoms with Gasteiger partial charge < -0.3 is 29.5 Å². The third-order valence-corrected chi connectivity index (χ3v) is 4.91.